The van der Waals surface area contributed by atoms with Gasteiger partial charge in [0, 0.05) is 4.47 Å². The quantitative estimate of drug-likeness (QED) is 0.852. The molecule has 0 bridgehead atoms. The van der Waals surface area contributed by atoms with Crippen LogP contribution in [0.3, 0.4) is 0 Å². The number of para-hydroxylation sites is 1. The standard InChI is InChI=1S/C16H18BrNO2S/c1-11(2)13-9-8-12(3)16(10-13)21(19,20)18-15-7-5-4-6-14(15)17/h4-11,18H,1-3H3. The highest BCUT2D eigenvalue weighted by Gasteiger charge is 2.19. The SMILES string of the molecule is Cc1ccc(C(C)C)cc1S(=O)(=O)Nc1ccccc1Br. The first-order valence-corrected chi connectivity index (χ1v) is 8.97. The van der Waals surface area contributed by atoms with Crippen molar-refractivity contribution in [3.63, 3.8) is 0 Å². The van der Waals surface area contributed by atoms with Gasteiger partial charge in [-0.3, -0.25) is 4.72 Å². The van der Waals surface area contributed by atoms with Crippen molar-refractivity contribution in [3.05, 3.63) is 58.1 Å². The maximum atomic E-state index is 12.6. The molecule has 2 aromatic rings. The van der Waals surface area contributed by atoms with E-state index in [9.17, 15) is 8.42 Å². The Morgan fingerprint density at radius 3 is 2.38 bits per heavy atom. The summed E-state index contributed by atoms with van der Waals surface area (Å²) < 4.78 is 28.6. The summed E-state index contributed by atoms with van der Waals surface area (Å²) in [6.07, 6.45) is 0. The van der Waals surface area contributed by atoms with Crippen LogP contribution < -0.4 is 4.72 Å². The van der Waals surface area contributed by atoms with E-state index in [2.05, 4.69) is 20.7 Å². The van der Waals surface area contributed by atoms with Crippen LogP contribution in [0, 0.1) is 6.92 Å². The highest BCUT2D eigenvalue weighted by molar-refractivity contribution is 9.10. The lowest BCUT2D eigenvalue weighted by Gasteiger charge is -2.14. The Labute approximate surface area is 134 Å². The van der Waals surface area contributed by atoms with E-state index in [1.807, 2.05) is 32.0 Å². The first kappa shape index (κ1) is 16.0. The minimum absolute atomic E-state index is 0.281. The van der Waals surface area contributed by atoms with Crippen LogP contribution in [0.25, 0.3) is 0 Å². The normalized spacial score (nSPS) is 11.7. The van der Waals surface area contributed by atoms with Gasteiger partial charge in [0.05, 0.1) is 10.6 Å². The number of hydrogen-bond acceptors (Lipinski definition) is 2. The molecule has 0 saturated heterocycles. The Kier molecular flexibility index (Phi) is 4.74. The molecule has 1 N–H and O–H groups in total. The van der Waals surface area contributed by atoms with Crippen LogP contribution in [0.4, 0.5) is 5.69 Å². The Bertz CT molecular complexity index is 755. The maximum Gasteiger partial charge on any atom is 0.262 e. The Morgan fingerprint density at radius 1 is 1.10 bits per heavy atom. The highest BCUT2D eigenvalue weighted by Crippen LogP contribution is 2.27. The van der Waals surface area contributed by atoms with E-state index in [0.717, 1.165) is 11.1 Å². The average molecular weight is 368 g/mol. The molecule has 3 nitrogen and oxygen atoms in total. The zero-order valence-electron chi connectivity index (χ0n) is 12.2. The molecule has 5 heteroatoms. The van der Waals surface area contributed by atoms with Gasteiger partial charge in [0.25, 0.3) is 10.0 Å². The first-order valence-electron chi connectivity index (χ1n) is 6.69. The largest absolute Gasteiger partial charge is 0.278 e. The molecule has 0 heterocycles. The van der Waals surface area contributed by atoms with Crippen LogP contribution in [0.15, 0.2) is 51.8 Å². The molecule has 0 saturated carbocycles. The molecule has 0 aromatic heterocycles. The predicted molar refractivity (Wildman–Crippen MR) is 90.2 cm³/mol. The molecule has 2 aromatic carbocycles. The van der Waals surface area contributed by atoms with E-state index in [0.29, 0.717) is 15.1 Å². The van der Waals surface area contributed by atoms with Crippen LogP contribution in [-0.2, 0) is 10.0 Å². The van der Waals surface area contributed by atoms with Crippen LogP contribution in [0.5, 0.6) is 0 Å². The lowest BCUT2D eigenvalue weighted by atomic mass is 10.0. The van der Waals surface area contributed by atoms with Crippen LogP contribution in [0.2, 0.25) is 0 Å². The number of halogens is 1. The fourth-order valence-corrected chi connectivity index (χ4v) is 3.88. The molecule has 21 heavy (non-hydrogen) atoms. The van der Waals surface area contributed by atoms with E-state index in [1.165, 1.54) is 0 Å². The maximum absolute atomic E-state index is 12.6. The average Bonchev–Trinajstić information content (AvgIpc) is 2.41. The predicted octanol–water partition coefficient (Wildman–Crippen LogP) is 4.68. The summed E-state index contributed by atoms with van der Waals surface area (Å²) in [5, 5.41) is 0. The molecular weight excluding hydrogens is 350 g/mol. The molecule has 0 atom stereocenters. The molecule has 0 unspecified atom stereocenters. The van der Waals surface area contributed by atoms with Gasteiger partial charge in [0.1, 0.15) is 0 Å². The van der Waals surface area contributed by atoms with Crippen molar-refractivity contribution < 1.29 is 8.42 Å². The van der Waals surface area contributed by atoms with E-state index >= 15 is 0 Å². The number of anilines is 1. The summed E-state index contributed by atoms with van der Waals surface area (Å²) in [5.74, 6) is 0.281. The number of aryl methyl sites for hydroxylation is 1. The minimum Gasteiger partial charge on any atom is -0.278 e. The zero-order chi connectivity index (χ0) is 15.6. The van der Waals surface area contributed by atoms with E-state index in [4.69, 9.17) is 0 Å². The fourth-order valence-electron chi connectivity index (χ4n) is 2.01. The van der Waals surface area contributed by atoms with Gasteiger partial charge in [-0.05, 0) is 58.1 Å². The Morgan fingerprint density at radius 2 is 1.76 bits per heavy atom. The van der Waals surface area contributed by atoms with Gasteiger partial charge >= 0.3 is 0 Å². The van der Waals surface area contributed by atoms with Crippen LogP contribution >= 0.6 is 15.9 Å². The smallest absolute Gasteiger partial charge is 0.262 e. The molecule has 112 valence electrons. The molecule has 0 spiro atoms. The molecule has 0 aliphatic rings. The van der Waals surface area contributed by atoms with E-state index < -0.39 is 10.0 Å². The fraction of sp³-hybridized carbons (Fsp3) is 0.250. The summed E-state index contributed by atoms with van der Waals surface area (Å²) in [5.41, 5.74) is 2.28. The van der Waals surface area contributed by atoms with Crippen molar-refractivity contribution in [2.45, 2.75) is 31.6 Å². The summed E-state index contributed by atoms with van der Waals surface area (Å²) in [4.78, 5) is 0.324. The highest BCUT2D eigenvalue weighted by atomic mass is 79.9. The van der Waals surface area contributed by atoms with Gasteiger partial charge in [-0.2, -0.15) is 0 Å². The molecule has 0 aliphatic carbocycles. The third kappa shape index (κ3) is 3.66. The molecule has 2 rings (SSSR count). The van der Waals surface area contributed by atoms with E-state index in [1.54, 1.807) is 31.2 Å². The van der Waals surface area contributed by atoms with Crippen molar-refractivity contribution in [2.24, 2.45) is 0 Å². The van der Waals surface area contributed by atoms with E-state index in [-0.39, 0.29) is 5.92 Å². The van der Waals surface area contributed by atoms with Crippen molar-refractivity contribution in [1.82, 2.24) is 0 Å². The third-order valence-electron chi connectivity index (χ3n) is 3.29. The summed E-state index contributed by atoms with van der Waals surface area (Å²) >= 11 is 3.35. The van der Waals surface area contributed by atoms with Crippen LogP contribution in [0.1, 0.15) is 30.9 Å². The zero-order valence-corrected chi connectivity index (χ0v) is 14.6. The minimum atomic E-state index is -3.60. The molecule has 0 fully saturated rings. The van der Waals surface area contributed by atoms with Crippen molar-refractivity contribution >= 4 is 31.6 Å². The Balaban J connectivity index is 2.45. The number of rotatable bonds is 4. The van der Waals surface area contributed by atoms with Gasteiger partial charge in [-0.25, -0.2) is 8.42 Å². The topological polar surface area (TPSA) is 46.2 Å². The van der Waals surface area contributed by atoms with Crippen molar-refractivity contribution in [3.8, 4) is 0 Å². The monoisotopic (exact) mass is 367 g/mol. The van der Waals surface area contributed by atoms with Gasteiger partial charge in [0.2, 0.25) is 0 Å². The number of sulfonamides is 1. The second kappa shape index (κ2) is 6.20. The lowest BCUT2D eigenvalue weighted by Crippen LogP contribution is -2.15. The number of nitrogens with one attached hydrogen (secondary N) is 1. The first-order chi connectivity index (χ1) is 9.81. The molecular formula is C16H18BrNO2S. The second-order valence-corrected chi connectivity index (χ2v) is 7.77. The molecule has 0 radical (unpaired) electrons. The summed E-state index contributed by atoms with van der Waals surface area (Å²) in [7, 11) is -3.60. The number of hydrogen-bond donors (Lipinski definition) is 1. The summed E-state index contributed by atoms with van der Waals surface area (Å²) in [6, 6.07) is 12.7. The lowest BCUT2D eigenvalue weighted by molar-refractivity contribution is 0.600. The number of benzene rings is 2. The van der Waals surface area contributed by atoms with Gasteiger partial charge in [0.15, 0.2) is 0 Å². The molecule has 0 amide bonds. The third-order valence-corrected chi connectivity index (χ3v) is 5.49. The van der Waals surface area contributed by atoms with Gasteiger partial charge in [-0.15, -0.1) is 0 Å². The van der Waals surface area contributed by atoms with Crippen molar-refractivity contribution in [2.75, 3.05) is 4.72 Å². The van der Waals surface area contributed by atoms with Crippen molar-refractivity contribution in [1.29, 1.82) is 0 Å². The Hall–Kier alpha value is -1.33. The summed E-state index contributed by atoms with van der Waals surface area (Å²) in [6.45, 7) is 5.89. The van der Waals surface area contributed by atoms with Crippen LogP contribution in [-0.4, -0.2) is 8.42 Å². The van der Waals surface area contributed by atoms with Gasteiger partial charge in [-0.1, -0.05) is 38.1 Å². The second-order valence-electron chi connectivity index (χ2n) is 5.26. The van der Waals surface area contributed by atoms with Gasteiger partial charge < -0.3 is 0 Å². The molecule has 0 aliphatic heterocycles.